The van der Waals surface area contributed by atoms with Crippen LogP contribution in [0.3, 0.4) is 0 Å². The van der Waals surface area contributed by atoms with E-state index in [4.69, 9.17) is 0 Å². The van der Waals surface area contributed by atoms with Crippen molar-refractivity contribution in [2.75, 3.05) is 33.2 Å². The Balaban J connectivity index is 1.96. The zero-order valence-electron chi connectivity index (χ0n) is 10.9. The molecule has 1 aliphatic heterocycles. The molecule has 1 fully saturated rings. The van der Waals surface area contributed by atoms with E-state index in [0.29, 0.717) is 6.54 Å². The summed E-state index contributed by atoms with van der Waals surface area (Å²) in [6, 6.07) is 0. The lowest BCUT2D eigenvalue weighted by Gasteiger charge is -2.20. The maximum atomic E-state index is 12.2. The molecule has 102 valence electrons. The molecule has 6 nitrogen and oxygen atoms in total. The molecule has 0 N–H and O–H groups in total. The molecule has 0 bridgehead atoms. The Kier molecular flexibility index (Phi) is 4.04. The Bertz CT molecular complexity index is 491. The first-order valence-electron chi connectivity index (χ1n) is 6.17. The molecule has 0 aliphatic carbocycles. The summed E-state index contributed by atoms with van der Waals surface area (Å²) >= 11 is 0. The number of hydrogen-bond donors (Lipinski definition) is 0. The first-order chi connectivity index (χ1) is 8.50. The average Bonchev–Trinajstić information content (AvgIpc) is 2.96. The molecule has 0 atom stereocenters. The zero-order chi connectivity index (χ0) is 13.2. The van der Waals surface area contributed by atoms with E-state index in [1.54, 1.807) is 18.7 Å². The second-order valence-electron chi connectivity index (χ2n) is 4.75. The van der Waals surface area contributed by atoms with Gasteiger partial charge in [-0.1, -0.05) is 0 Å². The third-order valence-electron chi connectivity index (χ3n) is 3.29. The molecule has 0 aromatic carbocycles. The Hall–Kier alpha value is -0.920. The fourth-order valence-corrected chi connectivity index (χ4v) is 3.21. The van der Waals surface area contributed by atoms with Crippen molar-refractivity contribution < 1.29 is 8.42 Å². The van der Waals surface area contributed by atoms with Crippen molar-refractivity contribution in [3.63, 3.8) is 0 Å². The van der Waals surface area contributed by atoms with Crippen LogP contribution in [0.5, 0.6) is 0 Å². The number of sulfonamides is 1. The van der Waals surface area contributed by atoms with Gasteiger partial charge in [0.1, 0.15) is 0 Å². The lowest BCUT2D eigenvalue weighted by atomic mass is 10.4. The van der Waals surface area contributed by atoms with Crippen molar-refractivity contribution in [1.82, 2.24) is 18.8 Å². The number of imidazole rings is 1. The summed E-state index contributed by atoms with van der Waals surface area (Å²) in [7, 11) is -0.0638. The molecule has 2 heterocycles. The summed E-state index contributed by atoms with van der Waals surface area (Å²) in [5.41, 5.74) is 0. The van der Waals surface area contributed by atoms with E-state index in [1.165, 1.54) is 29.7 Å². The van der Waals surface area contributed by atoms with E-state index >= 15 is 0 Å². The van der Waals surface area contributed by atoms with Crippen LogP contribution in [0, 0.1) is 0 Å². The van der Waals surface area contributed by atoms with Gasteiger partial charge in [-0.25, -0.2) is 13.4 Å². The van der Waals surface area contributed by atoms with E-state index in [-0.39, 0.29) is 5.03 Å². The van der Waals surface area contributed by atoms with Crippen LogP contribution in [0.25, 0.3) is 0 Å². The predicted molar refractivity (Wildman–Crippen MR) is 68.7 cm³/mol. The molecule has 0 spiro atoms. The van der Waals surface area contributed by atoms with Crippen molar-refractivity contribution in [2.24, 2.45) is 7.05 Å². The molecule has 1 aliphatic rings. The van der Waals surface area contributed by atoms with Crippen LogP contribution in [-0.2, 0) is 17.1 Å². The molecule has 0 saturated carbocycles. The van der Waals surface area contributed by atoms with Crippen LogP contribution in [0.2, 0.25) is 0 Å². The molecule has 18 heavy (non-hydrogen) atoms. The molecule has 0 amide bonds. The quantitative estimate of drug-likeness (QED) is 0.765. The number of likely N-dealkylation sites (N-methyl/N-ethyl adjacent to an activating group) is 1. The third-order valence-corrected chi connectivity index (χ3v) is 5.03. The largest absolute Gasteiger partial charge is 0.339 e. The maximum absolute atomic E-state index is 12.2. The van der Waals surface area contributed by atoms with Gasteiger partial charge < -0.3 is 9.47 Å². The van der Waals surface area contributed by atoms with E-state index in [9.17, 15) is 8.42 Å². The van der Waals surface area contributed by atoms with Crippen LogP contribution in [0.15, 0.2) is 17.6 Å². The van der Waals surface area contributed by atoms with E-state index in [0.717, 1.165) is 19.6 Å². The van der Waals surface area contributed by atoms with Crippen LogP contribution < -0.4 is 0 Å². The standard InChI is InChI=1S/C11H20N4O2S/c1-13-9-11(12-10-13)18(16,17)14(2)7-8-15-5-3-4-6-15/h9-10H,3-8H2,1-2H3. The van der Waals surface area contributed by atoms with Crippen LogP contribution in [0.1, 0.15) is 12.8 Å². The minimum atomic E-state index is -3.44. The van der Waals surface area contributed by atoms with Gasteiger partial charge in [0.2, 0.25) is 0 Å². The lowest BCUT2D eigenvalue weighted by molar-refractivity contribution is 0.309. The topological polar surface area (TPSA) is 58.4 Å². The number of rotatable bonds is 5. The van der Waals surface area contributed by atoms with Gasteiger partial charge in [0.15, 0.2) is 5.03 Å². The fourth-order valence-electron chi connectivity index (χ4n) is 2.09. The van der Waals surface area contributed by atoms with Gasteiger partial charge in [0.25, 0.3) is 10.0 Å². The molecule has 1 aromatic rings. The van der Waals surface area contributed by atoms with Gasteiger partial charge >= 0.3 is 0 Å². The third kappa shape index (κ3) is 2.90. The monoisotopic (exact) mass is 272 g/mol. The minimum Gasteiger partial charge on any atom is -0.339 e. The van der Waals surface area contributed by atoms with Crippen LogP contribution in [-0.4, -0.2) is 60.4 Å². The first kappa shape index (κ1) is 13.5. The average molecular weight is 272 g/mol. The minimum absolute atomic E-state index is 0.119. The number of hydrogen-bond acceptors (Lipinski definition) is 4. The summed E-state index contributed by atoms with van der Waals surface area (Å²) in [6.45, 7) is 3.47. The molecule has 2 rings (SSSR count). The van der Waals surface area contributed by atoms with Crippen LogP contribution >= 0.6 is 0 Å². The second-order valence-corrected chi connectivity index (χ2v) is 6.74. The number of nitrogens with zero attached hydrogens (tertiary/aromatic N) is 4. The van der Waals surface area contributed by atoms with Crippen molar-refractivity contribution in [1.29, 1.82) is 0 Å². The zero-order valence-corrected chi connectivity index (χ0v) is 11.7. The van der Waals surface area contributed by atoms with Gasteiger partial charge in [-0.15, -0.1) is 0 Å². The second kappa shape index (κ2) is 5.38. The smallest absolute Gasteiger partial charge is 0.261 e. The highest BCUT2D eigenvalue weighted by atomic mass is 32.2. The van der Waals surface area contributed by atoms with Gasteiger partial charge in [0, 0.05) is 33.4 Å². The van der Waals surface area contributed by atoms with E-state index in [2.05, 4.69) is 9.88 Å². The van der Waals surface area contributed by atoms with Gasteiger partial charge in [0.05, 0.1) is 6.33 Å². The molecule has 1 saturated heterocycles. The number of aromatic nitrogens is 2. The van der Waals surface area contributed by atoms with Gasteiger partial charge in [-0.05, 0) is 25.9 Å². The predicted octanol–water partition coefficient (Wildman–Crippen LogP) is 0.136. The highest BCUT2D eigenvalue weighted by Gasteiger charge is 2.24. The van der Waals surface area contributed by atoms with Crippen molar-refractivity contribution in [3.05, 3.63) is 12.5 Å². The van der Waals surface area contributed by atoms with E-state index in [1.807, 2.05) is 0 Å². The van der Waals surface area contributed by atoms with E-state index < -0.39 is 10.0 Å². The first-order valence-corrected chi connectivity index (χ1v) is 7.61. The summed E-state index contributed by atoms with van der Waals surface area (Å²) < 4.78 is 27.4. The van der Waals surface area contributed by atoms with Gasteiger partial charge in [-0.2, -0.15) is 4.31 Å². The summed E-state index contributed by atoms with van der Waals surface area (Å²) in [5.74, 6) is 0. The highest BCUT2D eigenvalue weighted by molar-refractivity contribution is 7.89. The molecule has 7 heteroatoms. The fraction of sp³-hybridized carbons (Fsp3) is 0.727. The molecular weight excluding hydrogens is 252 g/mol. The number of likely N-dealkylation sites (tertiary alicyclic amines) is 1. The molecular formula is C11H20N4O2S. The summed E-state index contributed by atoms with van der Waals surface area (Å²) in [4.78, 5) is 6.20. The summed E-state index contributed by atoms with van der Waals surface area (Å²) in [6.07, 6.45) is 5.47. The maximum Gasteiger partial charge on any atom is 0.261 e. The summed E-state index contributed by atoms with van der Waals surface area (Å²) in [5, 5.41) is 0.119. The lowest BCUT2D eigenvalue weighted by Crippen LogP contribution is -2.35. The molecule has 0 unspecified atom stereocenters. The van der Waals surface area contributed by atoms with Crippen molar-refractivity contribution in [2.45, 2.75) is 17.9 Å². The Morgan fingerprint density at radius 2 is 2.06 bits per heavy atom. The van der Waals surface area contributed by atoms with Crippen LogP contribution in [0.4, 0.5) is 0 Å². The Morgan fingerprint density at radius 3 is 2.61 bits per heavy atom. The van der Waals surface area contributed by atoms with Crippen molar-refractivity contribution in [3.8, 4) is 0 Å². The number of aryl methyl sites for hydroxylation is 1. The van der Waals surface area contributed by atoms with Crippen molar-refractivity contribution >= 4 is 10.0 Å². The van der Waals surface area contributed by atoms with Gasteiger partial charge in [-0.3, -0.25) is 0 Å². The molecule has 0 radical (unpaired) electrons. The Labute approximate surface area is 108 Å². The molecule has 1 aromatic heterocycles. The highest BCUT2D eigenvalue weighted by Crippen LogP contribution is 2.12. The SMILES string of the molecule is CN(CCN1CCCC1)S(=O)(=O)c1cn(C)cn1. The Morgan fingerprint density at radius 1 is 1.39 bits per heavy atom. The normalized spacial score (nSPS) is 17.7.